The fraction of sp³-hybridized carbons (Fsp3) is 1.00. The van der Waals surface area contributed by atoms with E-state index in [0.717, 1.165) is 0 Å². The largest absolute Gasteiger partial charge is 0.0654 e. The molecule has 0 heteroatoms. The van der Waals surface area contributed by atoms with Gasteiger partial charge in [-0.05, 0) is 0 Å². The Morgan fingerprint density at radius 2 is 1.60 bits per heavy atom. The van der Waals surface area contributed by atoms with E-state index in [9.17, 15) is 0 Å². The zero-order chi connectivity index (χ0) is 7.66. The maximum atomic E-state index is 2.27. The highest BCUT2D eigenvalue weighted by Crippen LogP contribution is 2.07. The average molecular weight is 144 g/mol. The van der Waals surface area contributed by atoms with Crippen molar-refractivity contribution in [2.45, 2.75) is 65.2 Å². The lowest BCUT2D eigenvalue weighted by Crippen LogP contribution is -1.77. The molecule has 0 spiro atoms. The van der Waals surface area contributed by atoms with Gasteiger partial charge < -0.3 is 0 Å². The van der Waals surface area contributed by atoms with Gasteiger partial charge in [-0.15, -0.1) is 0 Å². The summed E-state index contributed by atoms with van der Waals surface area (Å²) in [5, 5.41) is 0. The first-order chi connectivity index (χ1) is 4.91. The first-order valence-corrected chi connectivity index (χ1v) is 4.91. The summed E-state index contributed by atoms with van der Waals surface area (Å²) in [6, 6.07) is 0. The Bertz CT molecular complexity index is 40.0. The van der Waals surface area contributed by atoms with E-state index in [1.54, 1.807) is 0 Å². The lowest BCUT2D eigenvalue weighted by atomic mass is 10.1. The van der Waals surface area contributed by atoms with E-state index in [2.05, 4.69) is 13.8 Å². The molecule has 0 saturated heterocycles. The second-order valence-electron chi connectivity index (χ2n) is 3.12. The zero-order valence-corrected chi connectivity index (χ0v) is 7.66. The number of rotatable bonds is 7. The SMILES string of the molecule is CCCCCCC[14CH2]CC. The maximum absolute atomic E-state index is 2.27. The van der Waals surface area contributed by atoms with Gasteiger partial charge in [0, 0.05) is 0 Å². The third kappa shape index (κ3) is 8.00. The summed E-state index contributed by atoms with van der Waals surface area (Å²) in [4.78, 5) is 0. The van der Waals surface area contributed by atoms with Crippen LogP contribution in [-0.2, 0) is 0 Å². The molecular formula is C10H22. The van der Waals surface area contributed by atoms with E-state index in [4.69, 9.17) is 0 Å². The highest BCUT2D eigenvalue weighted by Gasteiger charge is 1.87. The molecule has 0 saturated carbocycles. The molecule has 0 aromatic heterocycles. The quantitative estimate of drug-likeness (QED) is 0.471. The smallest absolute Gasteiger partial charge is 0.0533 e. The molecule has 0 atom stereocenters. The summed E-state index contributed by atoms with van der Waals surface area (Å²) in [5.74, 6) is 0. The van der Waals surface area contributed by atoms with Crippen LogP contribution in [0.4, 0.5) is 0 Å². The molecule has 62 valence electrons. The molecule has 0 radical (unpaired) electrons. The van der Waals surface area contributed by atoms with Gasteiger partial charge in [-0.1, -0.05) is 65.2 Å². The van der Waals surface area contributed by atoms with Crippen molar-refractivity contribution >= 4 is 0 Å². The van der Waals surface area contributed by atoms with Crippen LogP contribution in [0.3, 0.4) is 0 Å². The number of unbranched alkanes of at least 4 members (excludes halogenated alkanes) is 7. The Balaban J connectivity index is 2.65. The first kappa shape index (κ1) is 10.0. The van der Waals surface area contributed by atoms with Gasteiger partial charge in [0.2, 0.25) is 0 Å². The summed E-state index contributed by atoms with van der Waals surface area (Å²) in [6.45, 7) is 4.54. The molecule has 0 amide bonds. The summed E-state index contributed by atoms with van der Waals surface area (Å²) in [5.41, 5.74) is 0. The summed E-state index contributed by atoms with van der Waals surface area (Å²) in [6.07, 6.45) is 11.5. The third-order valence-electron chi connectivity index (χ3n) is 1.96. The van der Waals surface area contributed by atoms with Crippen LogP contribution >= 0.6 is 0 Å². The van der Waals surface area contributed by atoms with Crippen molar-refractivity contribution in [1.82, 2.24) is 0 Å². The standard InChI is InChI=1S/C10H22/c1-3-5-7-9-10-8-6-4-2/h3-10H2,1-2H3/i5+2. The van der Waals surface area contributed by atoms with Gasteiger partial charge >= 0.3 is 0 Å². The van der Waals surface area contributed by atoms with Crippen LogP contribution in [0.2, 0.25) is 0 Å². The van der Waals surface area contributed by atoms with Crippen molar-refractivity contribution in [2.24, 2.45) is 0 Å². The predicted octanol–water partition coefficient (Wildman–Crippen LogP) is 4.15. The zero-order valence-electron chi connectivity index (χ0n) is 7.66. The van der Waals surface area contributed by atoms with Crippen molar-refractivity contribution in [3.63, 3.8) is 0 Å². The second-order valence-corrected chi connectivity index (χ2v) is 3.12. The molecule has 0 N–H and O–H groups in total. The van der Waals surface area contributed by atoms with E-state index in [-0.39, 0.29) is 0 Å². The highest BCUT2D eigenvalue weighted by molar-refractivity contribution is 4.43. The van der Waals surface area contributed by atoms with Crippen LogP contribution in [0, 0.1) is 0 Å². The van der Waals surface area contributed by atoms with Crippen LogP contribution in [0.1, 0.15) is 65.2 Å². The lowest BCUT2D eigenvalue weighted by molar-refractivity contribution is 0.585. The molecule has 0 bridgehead atoms. The van der Waals surface area contributed by atoms with Gasteiger partial charge in [0.1, 0.15) is 0 Å². The van der Waals surface area contributed by atoms with Crippen molar-refractivity contribution < 1.29 is 0 Å². The minimum atomic E-state index is 1.37. The number of hydrogen-bond acceptors (Lipinski definition) is 0. The molecule has 0 aliphatic carbocycles. The maximum Gasteiger partial charge on any atom is -0.0533 e. The Morgan fingerprint density at radius 1 is 0.900 bits per heavy atom. The molecule has 10 heavy (non-hydrogen) atoms. The number of hydrogen-bond donors (Lipinski definition) is 0. The Morgan fingerprint density at radius 3 is 2.20 bits per heavy atom. The van der Waals surface area contributed by atoms with Crippen LogP contribution < -0.4 is 0 Å². The van der Waals surface area contributed by atoms with Crippen LogP contribution in [0.15, 0.2) is 0 Å². The first-order valence-electron chi connectivity index (χ1n) is 4.91. The monoisotopic (exact) mass is 144 g/mol. The molecule has 0 aliphatic heterocycles. The van der Waals surface area contributed by atoms with Crippen LogP contribution in [0.5, 0.6) is 0 Å². The van der Waals surface area contributed by atoms with Gasteiger partial charge in [0.05, 0.1) is 0 Å². The average Bonchev–Trinajstić information content (AvgIpc) is 1.97. The van der Waals surface area contributed by atoms with Crippen molar-refractivity contribution in [1.29, 1.82) is 0 Å². The Kier molecular flexibility index (Phi) is 9.00. The molecule has 0 nitrogen and oxygen atoms in total. The summed E-state index contributed by atoms with van der Waals surface area (Å²) >= 11 is 0. The molecule has 0 aliphatic rings. The lowest BCUT2D eigenvalue weighted by Gasteiger charge is -1.97. The Labute approximate surface area is 66.0 Å². The summed E-state index contributed by atoms with van der Waals surface area (Å²) in [7, 11) is 0. The molecular weight excluding hydrogens is 122 g/mol. The minimum absolute atomic E-state index is 1.37. The van der Waals surface area contributed by atoms with Gasteiger partial charge in [-0.2, -0.15) is 0 Å². The fourth-order valence-electron chi connectivity index (χ4n) is 1.21. The van der Waals surface area contributed by atoms with Crippen LogP contribution in [-0.4, -0.2) is 0 Å². The molecule has 0 unspecified atom stereocenters. The molecule has 0 heterocycles. The van der Waals surface area contributed by atoms with Crippen molar-refractivity contribution in [3.8, 4) is 0 Å². The predicted molar refractivity (Wildman–Crippen MR) is 48.3 cm³/mol. The van der Waals surface area contributed by atoms with Crippen molar-refractivity contribution in [3.05, 3.63) is 0 Å². The van der Waals surface area contributed by atoms with Gasteiger partial charge in [0.15, 0.2) is 0 Å². The molecule has 0 rings (SSSR count). The van der Waals surface area contributed by atoms with Gasteiger partial charge in [0.25, 0.3) is 0 Å². The van der Waals surface area contributed by atoms with Crippen LogP contribution in [0.25, 0.3) is 0 Å². The summed E-state index contributed by atoms with van der Waals surface area (Å²) < 4.78 is 0. The highest BCUT2D eigenvalue weighted by atomic mass is 14.8. The molecule has 0 fully saturated rings. The third-order valence-corrected chi connectivity index (χ3v) is 1.96. The van der Waals surface area contributed by atoms with E-state index >= 15 is 0 Å². The second kappa shape index (κ2) is 9.00. The molecule has 0 aromatic carbocycles. The van der Waals surface area contributed by atoms with Gasteiger partial charge in [-0.25, -0.2) is 0 Å². The minimum Gasteiger partial charge on any atom is -0.0654 e. The van der Waals surface area contributed by atoms with E-state index in [1.807, 2.05) is 0 Å². The van der Waals surface area contributed by atoms with E-state index < -0.39 is 0 Å². The van der Waals surface area contributed by atoms with E-state index in [1.165, 1.54) is 51.4 Å². The Hall–Kier alpha value is 0. The fourth-order valence-corrected chi connectivity index (χ4v) is 1.21. The van der Waals surface area contributed by atoms with E-state index in [0.29, 0.717) is 0 Å². The topological polar surface area (TPSA) is 0 Å². The van der Waals surface area contributed by atoms with Gasteiger partial charge in [-0.3, -0.25) is 0 Å². The normalized spacial score (nSPS) is 10.2. The van der Waals surface area contributed by atoms with Crippen molar-refractivity contribution in [2.75, 3.05) is 0 Å². The molecule has 0 aromatic rings.